The number of aliphatic hydroxyl groups is 1. The molecule has 1 atom stereocenters. The number of rotatable bonds is 1. The van der Waals surface area contributed by atoms with Gasteiger partial charge in [-0.05, 0) is 37.3 Å². The molecule has 0 spiro atoms. The van der Waals surface area contributed by atoms with Gasteiger partial charge in [-0.15, -0.1) is 0 Å². The lowest BCUT2D eigenvalue weighted by Gasteiger charge is -2.34. The Morgan fingerprint density at radius 1 is 1.35 bits per heavy atom. The van der Waals surface area contributed by atoms with E-state index in [4.69, 9.17) is 4.98 Å². The van der Waals surface area contributed by atoms with Gasteiger partial charge < -0.3 is 5.11 Å². The van der Waals surface area contributed by atoms with Crippen LogP contribution >= 0.6 is 0 Å². The lowest BCUT2D eigenvalue weighted by atomic mass is 9.80. The van der Waals surface area contributed by atoms with Gasteiger partial charge in [-0.2, -0.15) is 0 Å². The first-order valence-corrected chi connectivity index (χ1v) is 6.60. The summed E-state index contributed by atoms with van der Waals surface area (Å²) in [4.78, 5) is 4.76. The average molecular weight is 233 g/mol. The first-order chi connectivity index (χ1) is 7.87. The predicted molar refractivity (Wildman–Crippen MR) is 70.1 cm³/mol. The van der Waals surface area contributed by atoms with E-state index in [1.165, 1.54) is 5.56 Å². The van der Waals surface area contributed by atoms with Gasteiger partial charge in [0.15, 0.2) is 0 Å². The van der Waals surface area contributed by atoms with Gasteiger partial charge in [-0.25, -0.2) is 0 Å². The molecule has 2 rings (SSSR count). The van der Waals surface area contributed by atoms with Crippen LogP contribution in [0.25, 0.3) is 0 Å². The summed E-state index contributed by atoms with van der Waals surface area (Å²) in [6, 6.07) is 4.27. The minimum atomic E-state index is -0.700. The Morgan fingerprint density at radius 2 is 2.06 bits per heavy atom. The summed E-state index contributed by atoms with van der Waals surface area (Å²) in [6.45, 7) is 8.53. The van der Waals surface area contributed by atoms with Crippen LogP contribution in [-0.4, -0.2) is 10.1 Å². The van der Waals surface area contributed by atoms with Gasteiger partial charge in [0, 0.05) is 11.1 Å². The Hall–Kier alpha value is -0.890. The lowest BCUT2D eigenvalue weighted by molar-refractivity contribution is 0.00995. The van der Waals surface area contributed by atoms with Crippen molar-refractivity contribution in [3.05, 3.63) is 29.1 Å². The monoisotopic (exact) mass is 233 g/mol. The summed E-state index contributed by atoms with van der Waals surface area (Å²) >= 11 is 0. The summed E-state index contributed by atoms with van der Waals surface area (Å²) in [7, 11) is 0. The van der Waals surface area contributed by atoms with Crippen molar-refractivity contribution in [3.63, 3.8) is 0 Å². The van der Waals surface area contributed by atoms with Crippen LogP contribution in [0.5, 0.6) is 0 Å². The van der Waals surface area contributed by atoms with Gasteiger partial charge in [-0.1, -0.05) is 33.8 Å². The molecule has 1 aliphatic rings. The molecular weight excluding hydrogens is 210 g/mol. The molecule has 1 N–H and O–H groups in total. The Labute approximate surface area is 104 Å². The van der Waals surface area contributed by atoms with Crippen LogP contribution in [0.4, 0.5) is 0 Å². The summed E-state index contributed by atoms with van der Waals surface area (Å²) < 4.78 is 0. The van der Waals surface area contributed by atoms with E-state index in [0.29, 0.717) is 0 Å². The molecule has 0 saturated heterocycles. The number of hydrogen-bond donors (Lipinski definition) is 1. The number of fused-ring (bicyclic) bond motifs is 1. The molecule has 1 aliphatic carbocycles. The second-order valence-corrected chi connectivity index (χ2v) is 6.19. The molecule has 0 saturated carbocycles. The first-order valence-electron chi connectivity index (χ1n) is 6.60. The molecule has 2 nitrogen and oxygen atoms in total. The minimum Gasteiger partial charge on any atom is -0.384 e. The van der Waals surface area contributed by atoms with Gasteiger partial charge in [-0.3, -0.25) is 4.98 Å². The Bertz CT molecular complexity index is 419. The molecule has 1 aromatic rings. The van der Waals surface area contributed by atoms with Gasteiger partial charge in [0.25, 0.3) is 0 Å². The zero-order chi connectivity index (χ0) is 12.7. The number of hydrogen-bond acceptors (Lipinski definition) is 2. The Balaban J connectivity index is 2.52. The van der Waals surface area contributed by atoms with Crippen LogP contribution in [0, 0.1) is 0 Å². The fraction of sp³-hybridized carbons (Fsp3) is 0.667. The number of nitrogens with zero attached hydrogens (tertiary/aromatic N) is 1. The highest BCUT2D eigenvalue weighted by Gasteiger charge is 2.35. The van der Waals surface area contributed by atoms with Crippen molar-refractivity contribution in [2.75, 3.05) is 0 Å². The van der Waals surface area contributed by atoms with Crippen LogP contribution in [0.15, 0.2) is 12.1 Å². The Morgan fingerprint density at radius 3 is 2.65 bits per heavy atom. The van der Waals surface area contributed by atoms with Crippen molar-refractivity contribution in [2.45, 2.75) is 64.4 Å². The van der Waals surface area contributed by atoms with E-state index in [1.807, 2.05) is 6.92 Å². The standard InChI is InChI=1S/C15H23NO/c1-5-15(17)10-6-7-11-8-9-12(14(2,3)4)16-13(11)15/h8-9,17H,5-7,10H2,1-4H3/t15-/m1/s1. The number of aryl methyl sites for hydroxylation is 1. The van der Waals surface area contributed by atoms with E-state index in [1.54, 1.807) is 0 Å². The molecule has 0 fully saturated rings. The maximum atomic E-state index is 10.7. The summed E-state index contributed by atoms with van der Waals surface area (Å²) in [5.74, 6) is 0. The molecule has 0 unspecified atom stereocenters. The van der Waals surface area contributed by atoms with Crippen molar-refractivity contribution < 1.29 is 5.11 Å². The van der Waals surface area contributed by atoms with E-state index < -0.39 is 5.60 Å². The molecule has 17 heavy (non-hydrogen) atoms. The highest BCUT2D eigenvalue weighted by Crippen LogP contribution is 2.37. The van der Waals surface area contributed by atoms with E-state index >= 15 is 0 Å². The van der Waals surface area contributed by atoms with E-state index in [0.717, 1.165) is 37.1 Å². The number of aromatic nitrogens is 1. The van der Waals surface area contributed by atoms with Crippen LogP contribution in [0.1, 0.15) is 63.9 Å². The van der Waals surface area contributed by atoms with Crippen LogP contribution < -0.4 is 0 Å². The molecule has 1 heterocycles. The smallest absolute Gasteiger partial charge is 0.107 e. The molecule has 0 aliphatic heterocycles. The molecule has 0 amide bonds. The highest BCUT2D eigenvalue weighted by atomic mass is 16.3. The lowest BCUT2D eigenvalue weighted by Crippen LogP contribution is -2.32. The topological polar surface area (TPSA) is 33.1 Å². The SMILES string of the molecule is CC[C@@]1(O)CCCc2ccc(C(C)(C)C)nc21. The molecule has 94 valence electrons. The van der Waals surface area contributed by atoms with Crippen molar-refractivity contribution in [2.24, 2.45) is 0 Å². The van der Waals surface area contributed by atoms with Crippen molar-refractivity contribution in [3.8, 4) is 0 Å². The molecule has 0 aromatic carbocycles. The first kappa shape index (κ1) is 12.6. The van der Waals surface area contributed by atoms with E-state index in [2.05, 4.69) is 32.9 Å². The third-order valence-electron chi connectivity index (χ3n) is 3.81. The molecular formula is C15H23NO. The summed E-state index contributed by atoms with van der Waals surface area (Å²) in [5, 5.41) is 10.7. The molecule has 2 heteroatoms. The molecule has 0 radical (unpaired) electrons. The summed E-state index contributed by atoms with van der Waals surface area (Å²) in [5.41, 5.74) is 2.58. The third kappa shape index (κ3) is 2.23. The summed E-state index contributed by atoms with van der Waals surface area (Å²) in [6.07, 6.45) is 3.71. The minimum absolute atomic E-state index is 0.0428. The van der Waals surface area contributed by atoms with Crippen LogP contribution in [0.2, 0.25) is 0 Å². The Kier molecular flexibility index (Phi) is 3.03. The molecule has 1 aromatic heterocycles. The van der Waals surface area contributed by atoms with Crippen molar-refractivity contribution in [1.29, 1.82) is 0 Å². The van der Waals surface area contributed by atoms with E-state index in [-0.39, 0.29) is 5.41 Å². The maximum Gasteiger partial charge on any atom is 0.107 e. The van der Waals surface area contributed by atoms with E-state index in [9.17, 15) is 5.11 Å². The van der Waals surface area contributed by atoms with Gasteiger partial charge in [0.1, 0.15) is 5.60 Å². The third-order valence-corrected chi connectivity index (χ3v) is 3.81. The van der Waals surface area contributed by atoms with Crippen LogP contribution in [-0.2, 0) is 17.4 Å². The largest absolute Gasteiger partial charge is 0.384 e. The zero-order valence-electron chi connectivity index (χ0n) is 11.4. The number of pyridine rings is 1. The second kappa shape index (κ2) is 4.09. The van der Waals surface area contributed by atoms with Crippen molar-refractivity contribution in [1.82, 2.24) is 4.98 Å². The quantitative estimate of drug-likeness (QED) is 0.807. The predicted octanol–water partition coefficient (Wildman–Crippen LogP) is 3.31. The van der Waals surface area contributed by atoms with Gasteiger partial charge in [0.05, 0.1) is 5.69 Å². The molecule has 0 bridgehead atoms. The van der Waals surface area contributed by atoms with Gasteiger partial charge in [0.2, 0.25) is 0 Å². The second-order valence-electron chi connectivity index (χ2n) is 6.19. The average Bonchev–Trinajstić information content (AvgIpc) is 2.28. The van der Waals surface area contributed by atoms with Crippen LogP contribution in [0.3, 0.4) is 0 Å². The highest BCUT2D eigenvalue weighted by molar-refractivity contribution is 5.32. The zero-order valence-corrected chi connectivity index (χ0v) is 11.4. The van der Waals surface area contributed by atoms with Crippen molar-refractivity contribution >= 4 is 0 Å². The fourth-order valence-electron chi connectivity index (χ4n) is 2.54. The normalized spacial score (nSPS) is 24.5. The maximum absolute atomic E-state index is 10.7. The van der Waals surface area contributed by atoms with Gasteiger partial charge >= 0.3 is 0 Å². The fourth-order valence-corrected chi connectivity index (χ4v) is 2.54.